The predicted octanol–water partition coefficient (Wildman–Crippen LogP) is 4.17. The van der Waals surface area contributed by atoms with Crippen molar-refractivity contribution in [1.29, 1.82) is 0 Å². The van der Waals surface area contributed by atoms with E-state index in [1.165, 1.54) is 11.0 Å². The molecule has 5 heteroatoms. The van der Waals surface area contributed by atoms with Gasteiger partial charge in [0.1, 0.15) is 0 Å². The van der Waals surface area contributed by atoms with Crippen LogP contribution in [-0.4, -0.2) is 11.8 Å². The van der Waals surface area contributed by atoms with Crippen LogP contribution in [0, 0.1) is 0 Å². The lowest BCUT2D eigenvalue weighted by atomic mass is 10.1. The number of amides is 2. The minimum Gasteiger partial charge on any atom is -0.269 e. The van der Waals surface area contributed by atoms with Gasteiger partial charge in [0, 0.05) is 15.0 Å². The molecule has 3 nitrogen and oxygen atoms in total. The number of imide groups is 1. The summed E-state index contributed by atoms with van der Waals surface area (Å²) in [5.41, 5.74) is 1.71. The number of rotatable bonds is 2. The fourth-order valence-electron chi connectivity index (χ4n) is 2.14. The van der Waals surface area contributed by atoms with Gasteiger partial charge in [0.2, 0.25) is 0 Å². The largest absolute Gasteiger partial charge is 0.269 e. The first kappa shape index (κ1) is 14.2. The Kier molecular flexibility index (Phi) is 3.78. The number of nitrogens with zero attached hydrogens (tertiary/aromatic N) is 1. The molecule has 3 rings (SSSR count). The molecule has 1 heterocycles. The molecule has 0 bridgehead atoms. The van der Waals surface area contributed by atoms with E-state index < -0.39 is 0 Å². The molecule has 0 spiro atoms. The van der Waals surface area contributed by atoms with Gasteiger partial charge in [0.25, 0.3) is 11.8 Å². The van der Waals surface area contributed by atoms with Crippen LogP contribution in [0.2, 0.25) is 0 Å². The van der Waals surface area contributed by atoms with Crippen molar-refractivity contribution in [3.05, 3.63) is 69.1 Å². The van der Waals surface area contributed by atoms with Gasteiger partial charge in [-0.2, -0.15) is 0 Å². The second-order valence-electron chi connectivity index (χ2n) is 4.52. The smallest absolute Gasteiger partial charge is 0.266 e. The van der Waals surface area contributed by atoms with Crippen LogP contribution in [0.4, 0.5) is 5.69 Å². The Morgan fingerprint density at radius 2 is 1.29 bits per heavy atom. The average Bonchev–Trinajstić information content (AvgIpc) is 2.76. The van der Waals surface area contributed by atoms with E-state index in [2.05, 4.69) is 31.9 Å². The van der Waals surface area contributed by atoms with E-state index in [0.717, 1.165) is 14.5 Å². The highest BCUT2D eigenvalue weighted by Gasteiger charge is 2.32. The number of hydrogen-bond donors (Lipinski definition) is 0. The second kappa shape index (κ2) is 5.58. The topological polar surface area (TPSA) is 37.4 Å². The lowest BCUT2D eigenvalue weighted by Gasteiger charge is -2.15. The number of carbonyl (C=O) groups excluding carboxylic acids is 2. The maximum absolute atomic E-state index is 12.5. The van der Waals surface area contributed by atoms with Gasteiger partial charge in [0.05, 0.1) is 11.3 Å². The SMILES string of the molecule is O=C1C=C(c2ccc(Br)cc2)C(=O)N1c1ccc(Br)cc1. The van der Waals surface area contributed by atoms with Crippen molar-refractivity contribution in [2.75, 3.05) is 4.90 Å². The van der Waals surface area contributed by atoms with Crippen LogP contribution >= 0.6 is 31.9 Å². The summed E-state index contributed by atoms with van der Waals surface area (Å²) in [5.74, 6) is -0.620. The van der Waals surface area contributed by atoms with Crippen molar-refractivity contribution >= 4 is 54.9 Å². The van der Waals surface area contributed by atoms with Crippen molar-refractivity contribution in [1.82, 2.24) is 0 Å². The maximum atomic E-state index is 12.5. The van der Waals surface area contributed by atoms with Gasteiger partial charge in [-0.25, -0.2) is 4.90 Å². The lowest BCUT2D eigenvalue weighted by Crippen LogP contribution is -2.30. The molecular weight excluding hydrogens is 398 g/mol. The second-order valence-corrected chi connectivity index (χ2v) is 6.35. The first-order valence-electron chi connectivity index (χ1n) is 6.18. The van der Waals surface area contributed by atoms with Gasteiger partial charge >= 0.3 is 0 Å². The third kappa shape index (κ3) is 2.71. The molecule has 1 aliphatic rings. The monoisotopic (exact) mass is 405 g/mol. The summed E-state index contributed by atoms with van der Waals surface area (Å²) in [4.78, 5) is 25.8. The summed E-state index contributed by atoms with van der Waals surface area (Å²) < 4.78 is 1.82. The molecule has 0 aromatic heterocycles. The zero-order chi connectivity index (χ0) is 15.0. The molecule has 0 unspecified atom stereocenters. The average molecular weight is 407 g/mol. The molecule has 104 valence electrons. The molecule has 0 aliphatic carbocycles. The number of halogens is 2. The highest BCUT2D eigenvalue weighted by molar-refractivity contribution is 9.10. The third-order valence-corrected chi connectivity index (χ3v) is 4.22. The summed E-state index contributed by atoms with van der Waals surface area (Å²) in [5, 5.41) is 0. The van der Waals surface area contributed by atoms with E-state index in [1.54, 1.807) is 24.3 Å². The quantitative estimate of drug-likeness (QED) is 0.702. The van der Waals surface area contributed by atoms with Gasteiger partial charge in [-0.15, -0.1) is 0 Å². The fraction of sp³-hybridized carbons (Fsp3) is 0. The van der Waals surface area contributed by atoms with Crippen molar-refractivity contribution in [3.8, 4) is 0 Å². The molecule has 0 radical (unpaired) electrons. The lowest BCUT2D eigenvalue weighted by molar-refractivity contribution is -0.119. The van der Waals surface area contributed by atoms with Crippen LogP contribution < -0.4 is 4.90 Å². The molecule has 0 atom stereocenters. The zero-order valence-corrected chi connectivity index (χ0v) is 13.9. The first-order chi connectivity index (χ1) is 10.1. The van der Waals surface area contributed by atoms with Crippen molar-refractivity contribution < 1.29 is 9.59 Å². The molecule has 1 aliphatic heterocycles. The predicted molar refractivity (Wildman–Crippen MR) is 88.8 cm³/mol. The van der Waals surface area contributed by atoms with Gasteiger partial charge in [-0.3, -0.25) is 9.59 Å². The summed E-state index contributed by atoms with van der Waals surface area (Å²) in [6, 6.07) is 14.4. The number of carbonyl (C=O) groups is 2. The number of anilines is 1. The number of benzene rings is 2. The van der Waals surface area contributed by atoms with Gasteiger partial charge in [-0.1, -0.05) is 44.0 Å². The minimum atomic E-state index is -0.319. The maximum Gasteiger partial charge on any atom is 0.266 e. The third-order valence-electron chi connectivity index (χ3n) is 3.16. The number of hydrogen-bond acceptors (Lipinski definition) is 2. The van der Waals surface area contributed by atoms with E-state index in [4.69, 9.17) is 0 Å². The molecule has 2 amide bonds. The summed E-state index contributed by atoms with van der Waals surface area (Å²) in [6.45, 7) is 0. The van der Waals surface area contributed by atoms with E-state index in [0.29, 0.717) is 11.3 Å². The molecular formula is C16H9Br2NO2. The molecule has 0 saturated carbocycles. The highest BCUT2D eigenvalue weighted by Crippen LogP contribution is 2.29. The van der Waals surface area contributed by atoms with E-state index in [9.17, 15) is 9.59 Å². The van der Waals surface area contributed by atoms with E-state index in [1.807, 2.05) is 24.3 Å². The Bertz CT molecular complexity index is 749. The van der Waals surface area contributed by atoms with Gasteiger partial charge in [-0.05, 0) is 42.0 Å². The minimum absolute atomic E-state index is 0.301. The van der Waals surface area contributed by atoms with E-state index in [-0.39, 0.29) is 11.8 Å². The Labute approximate surface area is 138 Å². The molecule has 21 heavy (non-hydrogen) atoms. The highest BCUT2D eigenvalue weighted by atomic mass is 79.9. The summed E-state index contributed by atoms with van der Waals surface area (Å²) in [6.07, 6.45) is 1.38. The van der Waals surface area contributed by atoms with Crippen molar-refractivity contribution in [3.63, 3.8) is 0 Å². The van der Waals surface area contributed by atoms with Crippen molar-refractivity contribution in [2.24, 2.45) is 0 Å². The van der Waals surface area contributed by atoms with Crippen LogP contribution in [0.3, 0.4) is 0 Å². The molecule has 2 aromatic rings. The Morgan fingerprint density at radius 1 is 0.762 bits per heavy atom. The molecule has 2 aromatic carbocycles. The van der Waals surface area contributed by atoms with E-state index >= 15 is 0 Å². The van der Waals surface area contributed by atoms with Gasteiger partial charge in [0.15, 0.2) is 0 Å². The normalized spacial score (nSPS) is 14.6. The van der Waals surface area contributed by atoms with Crippen LogP contribution in [-0.2, 0) is 9.59 Å². The van der Waals surface area contributed by atoms with Crippen molar-refractivity contribution in [2.45, 2.75) is 0 Å². The molecule has 0 fully saturated rings. The van der Waals surface area contributed by atoms with Gasteiger partial charge < -0.3 is 0 Å². The standard InChI is InChI=1S/C16H9Br2NO2/c17-11-3-1-10(2-4-11)14-9-15(20)19(16(14)21)13-7-5-12(18)6-8-13/h1-9H. The Hall–Kier alpha value is -1.72. The zero-order valence-electron chi connectivity index (χ0n) is 10.7. The first-order valence-corrected chi connectivity index (χ1v) is 7.76. The van der Waals surface area contributed by atoms with Crippen LogP contribution in [0.5, 0.6) is 0 Å². The van der Waals surface area contributed by atoms with Crippen LogP contribution in [0.25, 0.3) is 5.57 Å². The Morgan fingerprint density at radius 3 is 1.86 bits per heavy atom. The molecule has 0 saturated heterocycles. The summed E-state index contributed by atoms with van der Waals surface area (Å²) in [7, 11) is 0. The fourth-order valence-corrected chi connectivity index (χ4v) is 2.67. The van der Waals surface area contributed by atoms with Crippen LogP contribution in [0.15, 0.2) is 63.6 Å². The summed E-state index contributed by atoms with van der Waals surface area (Å²) >= 11 is 6.68. The van der Waals surface area contributed by atoms with Crippen LogP contribution in [0.1, 0.15) is 5.56 Å². The Balaban J connectivity index is 1.95. The molecule has 0 N–H and O–H groups in total.